The van der Waals surface area contributed by atoms with Gasteiger partial charge in [0.25, 0.3) is 0 Å². The SMILES string of the molecule is C=CC(O)[SiH](C)O[Si](C)(C)C. The van der Waals surface area contributed by atoms with Crippen LogP contribution in [0.2, 0.25) is 26.2 Å². The van der Waals surface area contributed by atoms with Crippen LogP contribution in [0.1, 0.15) is 0 Å². The molecule has 0 radical (unpaired) electrons. The standard InChI is InChI=1S/C7H18O2Si2/c1-6-7(8)10(2)9-11(3,4)5/h6-8,10H,1H2,2-5H3. The van der Waals surface area contributed by atoms with Gasteiger partial charge >= 0.3 is 0 Å². The Labute approximate surface area is 71.8 Å². The Kier molecular flexibility index (Phi) is 4.24. The fourth-order valence-electron chi connectivity index (χ4n) is 0.819. The second-order valence-corrected chi connectivity index (χ2v) is 10.9. The molecule has 0 saturated heterocycles. The van der Waals surface area contributed by atoms with Crippen molar-refractivity contribution in [3.05, 3.63) is 12.7 Å². The third-order valence-corrected chi connectivity index (χ3v) is 6.81. The summed E-state index contributed by atoms with van der Waals surface area (Å²) < 4.78 is 5.75. The highest BCUT2D eigenvalue weighted by Crippen LogP contribution is 2.07. The van der Waals surface area contributed by atoms with Crippen LogP contribution in [0.25, 0.3) is 0 Å². The van der Waals surface area contributed by atoms with Crippen LogP contribution < -0.4 is 0 Å². The van der Waals surface area contributed by atoms with E-state index in [2.05, 4.69) is 26.2 Å². The summed E-state index contributed by atoms with van der Waals surface area (Å²) in [5.41, 5.74) is -0.401. The van der Waals surface area contributed by atoms with Crippen molar-refractivity contribution in [1.82, 2.24) is 0 Å². The molecule has 0 bridgehead atoms. The Morgan fingerprint density at radius 2 is 2.00 bits per heavy atom. The molecule has 11 heavy (non-hydrogen) atoms. The van der Waals surface area contributed by atoms with Gasteiger partial charge in [0.15, 0.2) is 17.4 Å². The Hall–Kier alpha value is 0.0938. The van der Waals surface area contributed by atoms with E-state index in [4.69, 9.17) is 4.12 Å². The summed E-state index contributed by atoms with van der Waals surface area (Å²) in [7, 11) is -2.87. The van der Waals surface area contributed by atoms with E-state index in [1.165, 1.54) is 0 Å². The first-order valence-electron chi connectivity index (χ1n) is 3.85. The summed E-state index contributed by atoms with van der Waals surface area (Å²) in [6.07, 6.45) is 1.57. The lowest BCUT2D eigenvalue weighted by atomic mass is 10.7. The minimum atomic E-state index is -1.45. The molecule has 4 heteroatoms. The molecule has 2 unspecified atom stereocenters. The van der Waals surface area contributed by atoms with Crippen molar-refractivity contribution in [3.63, 3.8) is 0 Å². The molecule has 0 saturated carbocycles. The highest BCUT2D eigenvalue weighted by Gasteiger charge is 2.22. The second-order valence-electron chi connectivity index (χ2n) is 3.66. The van der Waals surface area contributed by atoms with E-state index in [1.807, 2.05) is 6.55 Å². The molecule has 0 rings (SSSR count). The van der Waals surface area contributed by atoms with Gasteiger partial charge in [-0.05, 0) is 26.2 Å². The maximum Gasteiger partial charge on any atom is 0.193 e. The maximum atomic E-state index is 9.33. The lowest BCUT2D eigenvalue weighted by molar-refractivity contribution is 0.277. The molecule has 0 aliphatic heterocycles. The van der Waals surface area contributed by atoms with Gasteiger partial charge in [-0.1, -0.05) is 6.08 Å². The van der Waals surface area contributed by atoms with Gasteiger partial charge in [-0.15, -0.1) is 6.58 Å². The van der Waals surface area contributed by atoms with Crippen LogP contribution >= 0.6 is 0 Å². The predicted molar refractivity (Wildman–Crippen MR) is 53.6 cm³/mol. The van der Waals surface area contributed by atoms with Crippen molar-refractivity contribution in [3.8, 4) is 0 Å². The van der Waals surface area contributed by atoms with Gasteiger partial charge in [-0.25, -0.2) is 0 Å². The van der Waals surface area contributed by atoms with Crippen LogP contribution in [0.3, 0.4) is 0 Å². The van der Waals surface area contributed by atoms with E-state index in [0.29, 0.717) is 0 Å². The number of rotatable bonds is 4. The first kappa shape index (κ1) is 11.1. The van der Waals surface area contributed by atoms with Crippen LogP contribution in [0.5, 0.6) is 0 Å². The van der Waals surface area contributed by atoms with E-state index in [9.17, 15) is 5.11 Å². The molecule has 66 valence electrons. The van der Waals surface area contributed by atoms with Crippen LogP contribution in [0.15, 0.2) is 12.7 Å². The van der Waals surface area contributed by atoms with Crippen molar-refractivity contribution in [2.75, 3.05) is 0 Å². The van der Waals surface area contributed by atoms with Crippen molar-refractivity contribution >= 4 is 17.4 Å². The molecule has 0 aromatic heterocycles. The summed E-state index contributed by atoms with van der Waals surface area (Å²) in [5, 5.41) is 9.33. The zero-order valence-corrected chi connectivity index (χ0v) is 9.95. The van der Waals surface area contributed by atoms with Crippen LogP contribution in [0, 0.1) is 0 Å². The first-order valence-corrected chi connectivity index (χ1v) is 9.55. The number of aliphatic hydroxyl groups excluding tert-OH is 1. The van der Waals surface area contributed by atoms with E-state index in [0.717, 1.165) is 0 Å². The summed E-state index contributed by atoms with van der Waals surface area (Å²) in [5.74, 6) is 0. The van der Waals surface area contributed by atoms with Gasteiger partial charge in [-0.2, -0.15) is 0 Å². The largest absolute Gasteiger partial charge is 0.456 e. The van der Waals surface area contributed by atoms with Gasteiger partial charge in [-0.3, -0.25) is 0 Å². The third kappa shape index (κ3) is 5.37. The predicted octanol–water partition coefficient (Wildman–Crippen LogP) is 1.28. The number of aliphatic hydroxyl groups is 1. The molecular weight excluding hydrogens is 172 g/mol. The smallest absolute Gasteiger partial charge is 0.193 e. The summed E-state index contributed by atoms with van der Waals surface area (Å²) in [4.78, 5) is 0. The highest BCUT2D eigenvalue weighted by molar-refractivity contribution is 6.77. The minimum absolute atomic E-state index is 0.401. The van der Waals surface area contributed by atoms with E-state index < -0.39 is 23.1 Å². The topological polar surface area (TPSA) is 29.5 Å². The molecule has 0 aromatic rings. The molecule has 0 spiro atoms. The van der Waals surface area contributed by atoms with Crippen LogP contribution in [-0.4, -0.2) is 28.2 Å². The lowest BCUT2D eigenvalue weighted by Crippen LogP contribution is -2.39. The van der Waals surface area contributed by atoms with Crippen LogP contribution in [-0.2, 0) is 4.12 Å². The van der Waals surface area contributed by atoms with Crippen molar-refractivity contribution in [2.24, 2.45) is 0 Å². The van der Waals surface area contributed by atoms with Crippen molar-refractivity contribution < 1.29 is 9.22 Å². The molecule has 2 nitrogen and oxygen atoms in total. The average Bonchev–Trinajstić information content (AvgIpc) is 1.82. The Morgan fingerprint density at radius 1 is 1.55 bits per heavy atom. The maximum absolute atomic E-state index is 9.33. The Morgan fingerprint density at radius 3 is 2.27 bits per heavy atom. The first-order chi connectivity index (χ1) is 4.87. The van der Waals surface area contributed by atoms with E-state index >= 15 is 0 Å². The molecule has 0 aliphatic rings. The molecule has 2 atom stereocenters. The average molecular weight is 190 g/mol. The van der Waals surface area contributed by atoms with Crippen molar-refractivity contribution in [1.29, 1.82) is 0 Å². The molecule has 0 amide bonds. The molecule has 1 N–H and O–H groups in total. The molecule has 0 aromatic carbocycles. The van der Waals surface area contributed by atoms with Gasteiger partial charge in [0.2, 0.25) is 0 Å². The summed E-state index contributed by atoms with van der Waals surface area (Å²) in [6, 6.07) is 0. The second kappa shape index (κ2) is 4.20. The molecule has 0 aliphatic carbocycles. The summed E-state index contributed by atoms with van der Waals surface area (Å²) >= 11 is 0. The minimum Gasteiger partial charge on any atom is -0.456 e. The highest BCUT2D eigenvalue weighted by atomic mass is 28.4. The van der Waals surface area contributed by atoms with Gasteiger partial charge < -0.3 is 9.22 Å². The monoisotopic (exact) mass is 190 g/mol. The van der Waals surface area contributed by atoms with Gasteiger partial charge in [0.05, 0.1) is 5.73 Å². The van der Waals surface area contributed by atoms with Gasteiger partial charge in [0.1, 0.15) is 0 Å². The number of hydrogen-bond acceptors (Lipinski definition) is 2. The van der Waals surface area contributed by atoms with E-state index in [-0.39, 0.29) is 0 Å². The van der Waals surface area contributed by atoms with Crippen molar-refractivity contribution in [2.45, 2.75) is 31.9 Å². The van der Waals surface area contributed by atoms with Gasteiger partial charge in [0, 0.05) is 0 Å². The summed E-state index contributed by atoms with van der Waals surface area (Å²) in [6.45, 7) is 11.9. The molecule has 0 fully saturated rings. The fourth-order valence-corrected chi connectivity index (χ4v) is 6.22. The lowest BCUT2D eigenvalue weighted by Gasteiger charge is -2.24. The fraction of sp³-hybridized carbons (Fsp3) is 0.714. The van der Waals surface area contributed by atoms with Crippen LogP contribution in [0.4, 0.5) is 0 Å². The zero-order chi connectivity index (χ0) is 9.07. The molecular formula is C7H18O2Si2. The normalized spacial score (nSPS) is 17.5. The number of hydrogen-bond donors (Lipinski definition) is 1. The molecule has 0 heterocycles. The Balaban J connectivity index is 3.86. The zero-order valence-electron chi connectivity index (χ0n) is 7.79. The quantitative estimate of drug-likeness (QED) is 0.534. The Bertz CT molecular complexity index is 131. The third-order valence-electron chi connectivity index (χ3n) is 1.26. The van der Waals surface area contributed by atoms with E-state index in [1.54, 1.807) is 6.08 Å².